The molecular weight excluding hydrogens is 288 g/mol. The van der Waals surface area contributed by atoms with E-state index in [2.05, 4.69) is 5.32 Å². The summed E-state index contributed by atoms with van der Waals surface area (Å²) in [6.07, 6.45) is 2.40. The van der Waals surface area contributed by atoms with Gasteiger partial charge in [0.25, 0.3) is 0 Å². The van der Waals surface area contributed by atoms with Crippen LogP contribution in [0.1, 0.15) is 25.3 Å². The normalized spacial score (nSPS) is 24.1. The highest BCUT2D eigenvalue weighted by atomic mass is 32.2. The largest absolute Gasteiger partial charge is 0.376 e. The lowest BCUT2D eigenvalue weighted by molar-refractivity contribution is 0.0102. The molecule has 1 saturated carbocycles. The Balaban J connectivity index is 1.75. The summed E-state index contributed by atoms with van der Waals surface area (Å²) in [5.74, 6) is 0. The van der Waals surface area contributed by atoms with Crippen molar-refractivity contribution < 1.29 is 13.2 Å². The zero-order chi connectivity index (χ0) is 14.9. The van der Waals surface area contributed by atoms with Crippen molar-refractivity contribution in [3.05, 3.63) is 29.8 Å². The Hall–Kier alpha value is -0.950. The Morgan fingerprint density at radius 1 is 1.38 bits per heavy atom. The van der Waals surface area contributed by atoms with Crippen molar-refractivity contribution in [3.8, 4) is 0 Å². The summed E-state index contributed by atoms with van der Waals surface area (Å²) in [6.45, 7) is 3.94. The quantitative estimate of drug-likeness (QED) is 0.892. The van der Waals surface area contributed by atoms with E-state index < -0.39 is 10.0 Å². The van der Waals surface area contributed by atoms with E-state index in [4.69, 9.17) is 4.74 Å². The molecule has 1 saturated heterocycles. The monoisotopic (exact) mass is 310 g/mol. The Morgan fingerprint density at radius 2 is 2.19 bits per heavy atom. The van der Waals surface area contributed by atoms with Crippen LogP contribution in [0.5, 0.6) is 0 Å². The maximum absolute atomic E-state index is 12.7. The predicted molar refractivity (Wildman–Crippen MR) is 80.5 cm³/mol. The first kappa shape index (κ1) is 15.0. The van der Waals surface area contributed by atoms with Gasteiger partial charge in [-0.1, -0.05) is 12.1 Å². The number of rotatable bonds is 5. The lowest BCUT2D eigenvalue weighted by atomic mass is 10.2. The van der Waals surface area contributed by atoms with Crippen LogP contribution in [0.15, 0.2) is 29.2 Å². The van der Waals surface area contributed by atoms with Crippen molar-refractivity contribution in [2.24, 2.45) is 0 Å². The molecular formula is C15H22N2O3S. The Bertz CT molecular complexity index is 599. The molecule has 1 N–H and O–H groups in total. The number of hydrogen-bond acceptors (Lipinski definition) is 4. The molecule has 1 aliphatic carbocycles. The highest BCUT2D eigenvalue weighted by Gasteiger charge is 2.29. The third kappa shape index (κ3) is 3.63. The lowest BCUT2D eigenvalue weighted by Crippen LogP contribution is -2.44. The van der Waals surface area contributed by atoms with Gasteiger partial charge in [0.2, 0.25) is 10.0 Å². The first-order valence-corrected chi connectivity index (χ1v) is 8.94. The van der Waals surface area contributed by atoms with Crippen LogP contribution in [0, 0.1) is 0 Å². The number of nitrogens with zero attached hydrogens (tertiary/aromatic N) is 1. The first-order valence-electron chi connectivity index (χ1n) is 7.50. The van der Waals surface area contributed by atoms with Crippen LogP contribution < -0.4 is 5.32 Å². The van der Waals surface area contributed by atoms with Gasteiger partial charge in [0, 0.05) is 25.7 Å². The average molecular weight is 310 g/mol. The van der Waals surface area contributed by atoms with Gasteiger partial charge >= 0.3 is 0 Å². The fraction of sp³-hybridized carbons (Fsp3) is 0.600. The molecule has 1 heterocycles. The predicted octanol–water partition coefficient (Wildman–Crippen LogP) is 1.35. The lowest BCUT2D eigenvalue weighted by Gasteiger charge is -2.30. The van der Waals surface area contributed by atoms with Crippen LogP contribution in [0.4, 0.5) is 0 Å². The molecule has 3 rings (SSSR count). The summed E-state index contributed by atoms with van der Waals surface area (Å²) >= 11 is 0. The van der Waals surface area contributed by atoms with E-state index in [1.165, 1.54) is 17.1 Å². The van der Waals surface area contributed by atoms with Gasteiger partial charge < -0.3 is 10.1 Å². The Kier molecular flexibility index (Phi) is 4.31. The standard InChI is InChI=1S/C15H22N2O3S/c1-12-11-17(7-8-20-12)21(18,19)15-4-2-3-13(9-15)10-16-14-5-6-14/h2-4,9,12,14,16H,5-8,10-11H2,1H3. The summed E-state index contributed by atoms with van der Waals surface area (Å²) in [6, 6.07) is 7.86. The second-order valence-corrected chi connectivity index (χ2v) is 7.78. The van der Waals surface area contributed by atoms with E-state index in [0.29, 0.717) is 30.6 Å². The van der Waals surface area contributed by atoms with Crippen molar-refractivity contribution >= 4 is 10.0 Å². The molecule has 1 aromatic carbocycles. The van der Waals surface area contributed by atoms with Gasteiger partial charge in [0.05, 0.1) is 17.6 Å². The Morgan fingerprint density at radius 3 is 2.90 bits per heavy atom. The third-order valence-electron chi connectivity index (χ3n) is 3.91. The van der Waals surface area contributed by atoms with Crippen molar-refractivity contribution in [1.82, 2.24) is 9.62 Å². The summed E-state index contributed by atoms with van der Waals surface area (Å²) in [5, 5.41) is 3.41. The molecule has 0 spiro atoms. The molecule has 1 unspecified atom stereocenters. The number of benzene rings is 1. The zero-order valence-electron chi connectivity index (χ0n) is 12.3. The molecule has 5 nitrogen and oxygen atoms in total. The molecule has 116 valence electrons. The second kappa shape index (κ2) is 6.04. The van der Waals surface area contributed by atoms with Crippen molar-refractivity contribution in [2.75, 3.05) is 19.7 Å². The van der Waals surface area contributed by atoms with Crippen LogP contribution in [0.2, 0.25) is 0 Å². The fourth-order valence-corrected chi connectivity index (χ4v) is 4.09. The van der Waals surface area contributed by atoms with E-state index in [9.17, 15) is 8.42 Å². The first-order chi connectivity index (χ1) is 10.1. The molecule has 1 atom stereocenters. The summed E-state index contributed by atoms with van der Waals surface area (Å²) in [5.41, 5.74) is 1.02. The molecule has 6 heteroatoms. The SMILES string of the molecule is CC1CN(S(=O)(=O)c2cccc(CNC3CC3)c2)CCO1. The van der Waals surface area contributed by atoms with Gasteiger partial charge in [-0.15, -0.1) is 0 Å². The van der Waals surface area contributed by atoms with Crippen molar-refractivity contribution in [2.45, 2.75) is 43.4 Å². The summed E-state index contributed by atoms with van der Waals surface area (Å²) < 4.78 is 32.3. The van der Waals surface area contributed by atoms with Gasteiger partial charge in [0.15, 0.2) is 0 Å². The van der Waals surface area contributed by atoms with Crippen LogP contribution in [-0.4, -0.2) is 44.6 Å². The second-order valence-electron chi connectivity index (χ2n) is 5.85. The number of ether oxygens (including phenoxy) is 1. The van der Waals surface area contributed by atoms with E-state index in [-0.39, 0.29) is 6.10 Å². The molecule has 0 bridgehead atoms. The maximum Gasteiger partial charge on any atom is 0.243 e. The minimum Gasteiger partial charge on any atom is -0.376 e. The minimum atomic E-state index is -3.41. The van der Waals surface area contributed by atoms with Crippen LogP contribution in [0.25, 0.3) is 0 Å². The van der Waals surface area contributed by atoms with Crippen LogP contribution in [-0.2, 0) is 21.3 Å². The highest BCUT2D eigenvalue weighted by Crippen LogP contribution is 2.22. The van der Waals surface area contributed by atoms with Crippen molar-refractivity contribution in [1.29, 1.82) is 0 Å². The van der Waals surface area contributed by atoms with Crippen LogP contribution in [0.3, 0.4) is 0 Å². The molecule has 0 radical (unpaired) electrons. The highest BCUT2D eigenvalue weighted by molar-refractivity contribution is 7.89. The fourth-order valence-electron chi connectivity index (χ4n) is 2.52. The topological polar surface area (TPSA) is 58.6 Å². The van der Waals surface area contributed by atoms with E-state index in [1.807, 2.05) is 19.1 Å². The molecule has 21 heavy (non-hydrogen) atoms. The smallest absolute Gasteiger partial charge is 0.243 e. The third-order valence-corrected chi connectivity index (χ3v) is 5.77. The number of morpholine rings is 1. The van der Waals surface area contributed by atoms with E-state index in [1.54, 1.807) is 12.1 Å². The summed E-state index contributed by atoms with van der Waals surface area (Å²) in [7, 11) is -3.41. The zero-order valence-corrected chi connectivity index (χ0v) is 13.1. The number of hydrogen-bond donors (Lipinski definition) is 1. The molecule has 0 amide bonds. The van der Waals surface area contributed by atoms with Gasteiger partial charge in [-0.2, -0.15) is 4.31 Å². The molecule has 1 aromatic rings. The Labute approximate surface area is 126 Å². The van der Waals surface area contributed by atoms with Crippen LogP contribution >= 0.6 is 0 Å². The number of nitrogens with one attached hydrogen (secondary N) is 1. The van der Waals surface area contributed by atoms with Gasteiger partial charge in [-0.3, -0.25) is 0 Å². The molecule has 2 fully saturated rings. The summed E-state index contributed by atoms with van der Waals surface area (Å²) in [4.78, 5) is 0.381. The van der Waals surface area contributed by atoms with Gasteiger partial charge in [-0.25, -0.2) is 8.42 Å². The molecule has 1 aliphatic heterocycles. The van der Waals surface area contributed by atoms with Crippen molar-refractivity contribution in [3.63, 3.8) is 0 Å². The minimum absolute atomic E-state index is 0.0479. The van der Waals surface area contributed by atoms with Gasteiger partial charge in [0.1, 0.15) is 0 Å². The average Bonchev–Trinajstić information content (AvgIpc) is 3.30. The van der Waals surface area contributed by atoms with E-state index >= 15 is 0 Å². The van der Waals surface area contributed by atoms with Gasteiger partial charge in [-0.05, 0) is 37.5 Å². The van der Waals surface area contributed by atoms with E-state index in [0.717, 1.165) is 12.1 Å². The molecule has 2 aliphatic rings. The maximum atomic E-state index is 12.7. The number of sulfonamides is 1. The molecule has 0 aromatic heterocycles.